The number of halogens is 3. The molecule has 2 aromatic rings. The van der Waals surface area contributed by atoms with E-state index in [2.05, 4.69) is 15.9 Å². The van der Waals surface area contributed by atoms with Crippen molar-refractivity contribution < 1.29 is 14.0 Å². The van der Waals surface area contributed by atoms with E-state index in [1.807, 2.05) is 37.2 Å². The normalized spacial score (nSPS) is 15.7. The van der Waals surface area contributed by atoms with Gasteiger partial charge in [-0.05, 0) is 69.2 Å². The summed E-state index contributed by atoms with van der Waals surface area (Å²) in [4.78, 5) is 28.3. The van der Waals surface area contributed by atoms with Gasteiger partial charge in [-0.3, -0.25) is 14.5 Å². The molecule has 0 atom stereocenters. The smallest absolute Gasteiger partial charge is 0.293 e. The summed E-state index contributed by atoms with van der Waals surface area (Å²) in [6.45, 7) is 0.00435. The van der Waals surface area contributed by atoms with E-state index in [1.165, 1.54) is 12.1 Å². The van der Waals surface area contributed by atoms with E-state index in [1.54, 1.807) is 6.08 Å². The highest BCUT2D eigenvalue weighted by molar-refractivity contribution is 9.10. The van der Waals surface area contributed by atoms with Gasteiger partial charge in [-0.1, -0.05) is 23.7 Å². The predicted molar refractivity (Wildman–Crippen MR) is 111 cm³/mol. The van der Waals surface area contributed by atoms with E-state index in [-0.39, 0.29) is 16.8 Å². The van der Waals surface area contributed by atoms with Gasteiger partial charge in [-0.2, -0.15) is 0 Å². The molecule has 3 rings (SSSR count). The summed E-state index contributed by atoms with van der Waals surface area (Å²) in [5.74, 6) is -0.859. The molecule has 1 saturated heterocycles. The molecule has 0 aromatic heterocycles. The Hall–Kier alpha value is -1.83. The van der Waals surface area contributed by atoms with Crippen LogP contribution in [-0.2, 0) is 11.3 Å². The molecule has 2 aromatic carbocycles. The van der Waals surface area contributed by atoms with Gasteiger partial charge in [0.05, 0.1) is 17.1 Å². The highest BCUT2D eigenvalue weighted by Crippen LogP contribution is 2.35. The Morgan fingerprint density at radius 2 is 1.96 bits per heavy atom. The Morgan fingerprint density at radius 3 is 2.59 bits per heavy atom. The van der Waals surface area contributed by atoms with E-state index >= 15 is 0 Å². The van der Waals surface area contributed by atoms with Crippen molar-refractivity contribution in [2.24, 2.45) is 0 Å². The Balaban J connectivity index is 1.83. The summed E-state index contributed by atoms with van der Waals surface area (Å²) in [7, 11) is 3.87. The number of carbonyl (C=O) groups excluding carboxylic acids is 2. The summed E-state index contributed by atoms with van der Waals surface area (Å²) < 4.78 is 14.1. The fraction of sp³-hybridized carbons (Fsp3) is 0.158. The number of hydrogen-bond donors (Lipinski definition) is 0. The lowest BCUT2D eigenvalue weighted by Gasteiger charge is -2.15. The minimum Gasteiger partial charge on any atom is -0.377 e. The zero-order valence-corrected chi connectivity index (χ0v) is 17.7. The van der Waals surface area contributed by atoms with Crippen molar-refractivity contribution in [2.45, 2.75) is 6.54 Å². The lowest BCUT2D eigenvalue weighted by molar-refractivity contribution is -0.123. The fourth-order valence-corrected chi connectivity index (χ4v) is 4.40. The highest BCUT2D eigenvalue weighted by atomic mass is 79.9. The Kier molecular flexibility index (Phi) is 5.93. The van der Waals surface area contributed by atoms with Crippen molar-refractivity contribution in [3.05, 3.63) is 67.7 Å². The summed E-state index contributed by atoms with van der Waals surface area (Å²) in [5.41, 5.74) is 2.32. The zero-order valence-electron chi connectivity index (χ0n) is 14.5. The molecule has 2 amide bonds. The van der Waals surface area contributed by atoms with Crippen LogP contribution in [0, 0.1) is 5.82 Å². The van der Waals surface area contributed by atoms with Crippen molar-refractivity contribution in [3.63, 3.8) is 0 Å². The average Bonchev–Trinajstić information content (AvgIpc) is 2.84. The van der Waals surface area contributed by atoms with Crippen LogP contribution in [0.15, 0.2) is 45.8 Å². The van der Waals surface area contributed by atoms with Crippen molar-refractivity contribution >= 4 is 62.2 Å². The van der Waals surface area contributed by atoms with Gasteiger partial charge < -0.3 is 4.90 Å². The van der Waals surface area contributed by atoms with E-state index in [0.29, 0.717) is 10.5 Å². The number of thioether (sulfide) groups is 1. The molecule has 1 heterocycles. The maximum atomic E-state index is 13.2. The quantitative estimate of drug-likeness (QED) is 0.551. The third kappa shape index (κ3) is 4.36. The standard InChI is InChI=1S/C19H15BrClFN2O2S/c1-23(2)16-6-3-11(7-14(16)20)8-17-18(25)24(19(26)27-17)10-12-4-5-13(22)9-15(12)21/h3-9H,10H2,1-2H3/b17-8-. The first-order valence-electron chi connectivity index (χ1n) is 7.92. The second kappa shape index (κ2) is 8.04. The first kappa shape index (κ1) is 19.9. The first-order valence-corrected chi connectivity index (χ1v) is 9.91. The second-order valence-corrected chi connectivity index (χ2v) is 8.36. The van der Waals surface area contributed by atoms with Gasteiger partial charge in [-0.25, -0.2) is 4.39 Å². The maximum Gasteiger partial charge on any atom is 0.293 e. The van der Waals surface area contributed by atoms with Crippen molar-refractivity contribution in [1.82, 2.24) is 4.90 Å². The van der Waals surface area contributed by atoms with Gasteiger partial charge in [0.25, 0.3) is 11.1 Å². The number of hydrogen-bond acceptors (Lipinski definition) is 4. The van der Waals surface area contributed by atoms with Gasteiger partial charge in [-0.15, -0.1) is 0 Å². The third-order valence-electron chi connectivity index (χ3n) is 3.97. The largest absolute Gasteiger partial charge is 0.377 e. The summed E-state index contributed by atoms with van der Waals surface area (Å²) in [6, 6.07) is 9.58. The van der Waals surface area contributed by atoms with Gasteiger partial charge in [0, 0.05) is 23.6 Å². The molecular formula is C19H15BrClFN2O2S. The summed E-state index contributed by atoms with van der Waals surface area (Å²) >= 11 is 10.4. The maximum absolute atomic E-state index is 13.2. The first-order chi connectivity index (χ1) is 12.8. The van der Waals surface area contributed by atoms with Gasteiger partial charge in [0.15, 0.2) is 0 Å². The lowest BCUT2D eigenvalue weighted by Crippen LogP contribution is -2.27. The van der Waals surface area contributed by atoms with Crippen LogP contribution in [0.1, 0.15) is 11.1 Å². The molecule has 1 aliphatic heterocycles. The molecule has 0 aliphatic carbocycles. The number of nitrogens with zero attached hydrogens (tertiary/aromatic N) is 2. The monoisotopic (exact) mass is 468 g/mol. The van der Waals surface area contributed by atoms with Crippen molar-refractivity contribution in [2.75, 3.05) is 19.0 Å². The Labute approximate surface area is 174 Å². The number of imide groups is 1. The number of rotatable bonds is 4. The second-order valence-electron chi connectivity index (χ2n) is 6.11. The molecule has 0 bridgehead atoms. The number of benzene rings is 2. The molecule has 1 fully saturated rings. The molecule has 0 saturated carbocycles. The average molecular weight is 470 g/mol. The van der Waals surface area contributed by atoms with Gasteiger partial charge in [0.1, 0.15) is 5.82 Å². The van der Waals surface area contributed by atoms with E-state index < -0.39 is 11.7 Å². The zero-order chi connectivity index (χ0) is 19.7. The minimum absolute atomic E-state index is 0.00435. The molecule has 140 valence electrons. The van der Waals surface area contributed by atoms with Gasteiger partial charge >= 0.3 is 0 Å². The van der Waals surface area contributed by atoms with E-state index in [4.69, 9.17) is 11.6 Å². The molecule has 1 aliphatic rings. The van der Waals surface area contributed by atoms with E-state index in [0.717, 1.165) is 38.5 Å². The van der Waals surface area contributed by atoms with Gasteiger partial charge in [0.2, 0.25) is 0 Å². The number of carbonyl (C=O) groups is 2. The predicted octanol–water partition coefficient (Wildman–Crippen LogP) is 5.54. The van der Waals surface area contributed by atoms with Crippen LogP contribution in [-0.4, -0.2) is 30.1 Å². The van der Waals surface area contributed by atoms with Crippen LogP contribution in [0.5, 0.6) is 0 Å². The topological polar surface area (TPSA) is 40.6 Å². The van der Waals surface area contributed by atoms with E-state index in [9.17, 15) is 14.0 Å². The van der Waals surface area contributed by atoms with Crippen LogP contribution in [0.4, 0.5) is 14.9 Å². The van der Waals surface area contributed by atoms with Crippen LogP contribution in [0.3, 0.4) is 0 Å². The molecule has 4 nitrogen and oxygen atoms in total. The molecule has 0 unspecified atom stereocenters. The summed E-state index contributed by atoms with van der Waals surface area (Å²) in [5, 5.41) is -0.197. The highest BCUT2D eigenvalue weighted by Gasteiger charge is 2.35. The lowest BCUT2D eigenvalue weighted by atomic mass is 10.1. The Morgan fingerprint density at radius 1 is 1.22 bits per heavy atom. The molecule has 0 radical (unpaired) electrons. The molecule has 27 heavy (non-hydrogen) atoms. The molecule has 0 N–H and O–H groups in total. The van der Waals surface area contributed by atoms with Crippen LogP contribution >= 0.6 is 39.3 Å². The third-order valence-corrected chi connectivity index (χ3v) is 5.86. The van der Waals surface area contributed by atoms with Crippen molar-refractivity contribution in [3.8, 4) is 0 Å². The SMILES string of the molecule is CN(C)c1ccc(/C=C2\SC(=O)N(Cc3ccc(F)cc3Cl)C2=O)cc1Br. The molecular weight excluding hydrogens is 455 g/mol. The van der Waals surface area contributed by atoms with Crippen molar-refractivity contribution in [1.29, 1.82) is 0 Å². The minimum atomic E-state index is -0.468. The van der Waals surface area contributed by atoms with Crippen LogP contribution < -0.4 is 4.90 Å². The molecule has 8 heteroatoms. The molecule has 0 spiro atoms. The fourth-order valence-electron chi connectivity index (χ4n) is 2.58. The number of amides is 2. The summed E-state index contributed by atoms with van der Waals surface area (Å²) in [6.07, 6.45) is 1.68. The Bertz CT molecular complexity index is 965. The van der Waals surface area contributed by atoms with Crippen LogP contribution in [0.25, 0.3) is 6.08 Å². The number of anilines is 1. The van der Waals surface area contributed by atoms with Crippen LogP contribution in [0.2, 0.25) is 5.02 Å².